The predicted octanol–water partition coefficient (Wildman–Crippen LogP) is 4.01. The van der Waals surface area contributed by atoms with E-state index in [1.54, 1.807) is 6.20 Å². The van der Waals surface area contributed by atoms with Crippen LogP contribution in [0.15, 0.2) is 60.3 Å². The third-order valence-electron chi connectivity index (χ3n) is 4.26. The Morgan fingerprint density at radius 2 is 2.00 bits per heavy atom. The summed E-state index contributed by atoms with van der Waals surface area (Å²) in [5.74, 6) is -0.665. The van der Waals surface area contributed by atoms with Gasteiger partial charge in [0.1, 0.15) is 11.6 Å². The fourth-order valence-corrected chi connectivity index (χ4v) is 2.95. The number of fused-ring (bicyclic) bond motifs is 1. The van der Waals surface area contributed by atoms with E-state index >= 15 is 0 Å². The van der Waals surface area contributed by atoms with E-state index in [0.717, 1.165) is 10.9 Å². The molecule has 0 saturated carbocycles. The first-order chi connectivity index (χ1) is 14.0. The molecule has 0 spiro atoms. The molecule has 0 fully saturated rings. The third kappa shape index (κ3) is 4.29. The van der Waals surface area contributed by atoms with Crippen molar-refractivity contribution in [2.24, 2.45) is 0 Å². The number of anilines is 1. The van der Waals surface area contributed by atoms with Gasteiger partial charge in [0.2, 0.25) is 0 Å². The molecule has 142 valence electrons. The van der Waals surface area contributed by atoms with E-state index in [1.807, 2.05) is 34.9 Å². The van der Waals surface area contributed by atoms with Crippen molar-refractivity contribution in [3.05, 3.63) is 76.0 Å². The number of aromatic nitrogens is 1. The maximum atomic E-state index is 12.5. The van der Waals surface area contributed by atoms with Gasteiger partial charge in [0.25, 0.3) is 11.6 Å². The van der Waals surface area contributed by atoms with E-state index in [-0.39, 0.29) is 16.9 Å². The van der Waals surface area contributed by atoms with Crippen molar-refractivity contribution in [2.45, 2.75) is 13.0 Å². The summed E-state index contributed by atoms with van der Waals surface area (Å²) in [4.78, 5) is 22.8. The highest BCUT2D eigenvalue weighted by molar-refractivity contribution is 6.10. The SMILES string of the molecule is N#CCCn1cc(/C=C(/C#N)C(=O)Nc2cccc([N+](=O)[O-])c2)c2ccccc21. The molecule has 0 unspecified atom stereocenters. The van der Waals surface area contributed by atoms with Crippen molar-refractivity contribution in [2.75, 3.05) is 5.32 Å². The zero-order valence-corrected chi connectivity index (χ0v) is 15.2. The summed E-state index contributed by atoms with van der Waals surface area (Å²) in [5, 5.41) is 32.5. The summed E-state index contributed by atoms with van der Waals surface area (Å²) in [6.07, 6.45) is 3.60. The van der Waals surface area contributed by atoms with Gasteiger partial charge in [-0.3, -0.25) is 14.9 Å². The fraction of sp³-hybridized carbons (Fsp3) is 0.0952. The van der Waals surface area contributed by atoms with Gasteiger partial charge in [-0.15, -0.1) is 0 Å². The molecule has 0 radical (unpaired) electrons. The van der Waals surface area contributed by atoms with Gasteiger partial charge in [0.05, 0.1) is 17.4 Å². The van der Waals surface area contributed by atoms with E-state index in [9.17, 15) is 20.2 Å². The second kappa shape index (κ2) is 8.51. The van der Waals surface area contributed by atoms with Crippen molar-refractivity contribution < 1.29 is 9.72 Å². The third-order valence-corrected chi connectivity index (χ3v) is 4.26. The first-order valence-electron chi connectivity index (χ1n) is 8.66. The Hall–Kier alpha value is -4.43. The number of nitriles is 2. The average molecular weight is 385 g/mol. The van der Waals surface area contributed by atoms with Crippen LogP contribution in [-0.2, 0) is 11.3 Å². The highest BCUT2D eigenvalue weighted by Gasteiger charge is 2.14. The first-order valence-corrected chi connectivity index (χ1v) is 8.66. The first kappa shape index (κ1) is 19.3. The van der Waals surface area contributed by atoms with Crippen molar-refractivity contribution in [1.82, 2.24) is 4.57 Å². The molecule has 1 amide bonds. The number of carbonyl (C=O) groups excluding carboxylic acids is 1. The summed E-state index contributed by atoms with van der Waals surface area (Å²) in [7, 11) is 0. The Morgan fingerprint density at radius 1 is 1.21 bits per heavy atom. The van der Waals surface area contributed by atoms with E-state index in [1.165, 1.54) is 30.3 Å². The quantitative estimate of drug-likeness (QED) is 0.297. The number of nitrogens with zero attached hydrogens (tertiary/aromatic N) is 4. The van der Waals surface area contributed by atoms with E-state index < -0.39 is 10.8 Å². The van der Waals surface area contributed by atoms with Crippen molar-refractivity contribution in [3.63, 3.8) is 0 Å². The number of rotatable bonds is 6. The summed E-state index contributed by atoms with van der Waals surface area (Å²) < 4.78 is 1.90. The maximum Gasteiger partial charge on any atom is 0.271 e. The van der Waals surface area contributed by atoms with Crippen LogP contribution in [-0.4, -0.2) is 15.4 Å². The molecular formula is C21H15N5O3. The number of carbonyl (C=O) groups is 1. The van der Waals surface area contributed by atoms with Crippen molar-refractivity contribution in [3.8, 4) is 12.1 Å². The molecule has 1 aromatic heterocycles. The molecule has 0 saturated heterocycles. The highest BCUT2D eigenvalue weighted by Crippen LogP contribution is 2.24. The Balaban J connectivity index is 1.93. The molecule has 1 N–H and O–H groups in total. The molecule has 2 aromatic carbocycles. The lowest BCUT2D eigenvalue weighted by atomic mass is 10.1. The molecule has 29 heavy (non-hydrogen) atoms. The van der Waals surface area contributed by atoms with Crippen LogP contribution in [0.3, 0.4) is 0 Å². The fourth-order valence-electron chi connectivity index (χ4n) is 2.95. The number of nitro benzene ring substituents is 1. The number of non-ortho nitro benzene ring substituents is 1. The van der Waals surface area contributed by atoms with Gasteiger partial charge < -0.3 is 9.88 Å². The van der Waals surface area contributed by atoms with E-state index in [2.05, 4.69) is 11.4 Å². The van der Waals surface area contributed by atoms with Gasteiger partial charge in [-0.25, -0.2) is 0 Å². The molecule has 0 aliphatic carbocycles. The zero-order chi connectivity index (χ0) is 20.8. The largest absolute Gasteiger partial charge is 0.346 e. The number of hydrogen-bond acceptors (Lipinski definition) is 5. The molecule has 0 bridgehead atoms. The Morgan fingerprint density at radius 3 is 2.72 bits per heavy atom. The molecule has 0 atom stereocenters. The van der Waals surface area contributed by atoms with Crippen LogP contribution in [0, 0.1) is 32.8 Å². The Kier molecular flexibility index (Phi) is 5.67. The van der Waals surface area contributed by atoms with Crippen LogP contribution in [0.4, 0.5) is 11.4 Å². The van der Waals surface area contributed by atoms with Crippen LogP contribution in [0.5, 0.6) is 0 Å². The second-order valence-electron chi connectivity index (χ2n) is 6.13. The summed E-state index contributed by atoms with van der Waals surface area (Å²) in [5.41, 5.74) is 1.49. The smallest absolute Gasteiger partial charge is 0.271 e. The topological polar surface area (TPSA) is 125 Å². The molecule has 3 aromatic rings. The van der Waals surface area contributed by atoms with E-state index in [0.29, 0.717) is 18.5 Å². The van der Waals surface area contributed by atoms with Gasteiger partial charge >= 0.3 is 0 Å². The number of nitro groups is 1. The minimum atomic E-state index is -0.665. The average Bonchev–Trinajstić information content (AvgIpc) is 3.08. The van der Waals surface area contributed by atoms with Gasteiger partial charge in [-0.1, -0.05) is 24.3 Å². The number of aryl methyl sites for hydroxylation is 1. The van der Waals surface area contributed by atoms with E-state index in [4.69, 9.17) is 5.26 Å². The van der Waals surface area contributed by atoms with Crippen molar-refractivity contribution in [1.29, 1.82) is 10.5 Å². The summed E-state index contributed by atoms with van der Waals surface area (Å²) >= 11 is 0. The van der Waals surface area contributed by atoms with Gasteiger partial charge in [-0.2, -0.15) is 10.5 Å². The zero-order valence-electron chi connectivity index (χ0n) is 15.2. The normalized spacial score (nSPS) is 10.9. The van der Waals surface area contributed by atoms with Crippen LogP contribution in [0.25, 0.3) is 17.0 Å². The lowest BCUT2D eigenvalue weighted by Gasteiger charge is -2.04. The number of benzene rings is 2. The maximum absolute atomic E-state index is 12.5. The lowest BCUT2D eigenvalue weighted by molar-refractivity contribution is -0.384. The van der Waals surface area contributed by atoms with Gasteiger partial charge in [0.15, 0.2) is 0 Å². The minimum absolute atomic E-state index is 0.139. The Labute approximate surface area is 166 Å². The lowest BCUT2D eigenvalue weighted by Crippen LogP contribution is -2.13. The highest BCUT2D eigenvalue weighted by atomic mass is 16.6. The number of nitrogens with one attached hydrogen (secondary N) is 1. The molecule has 0 aliphatic rings. The summed E-state index contributed by atoms with van der Waals surface area (Å²) in [6.45, 7) is 0.493. The molecule has 8 heteroatoms. The predicted molar refractivity (Wildman–Crippen MR) is 107 cm³/mol. The Bertz CT molecular complexity index is 1210. The van der Waals surface area contributed by atoms with Crippen LogP contribution in [0.1, 0.15) is 12.0 Å². The van der Waals surface area contributed by atoms with Gasteiger partial charge in [0, 0.05) is 47.0 Å². The number of hydrogen-bond donors (Lipinski definition) is 1. The van der Waals surface area contributed by atoms with Gasteiger partial charge in [-0.05, 0) is 18.2 Å². The van der Waals surface area contributed by atoms with Crippen molar-refractivity contribution >= 4 is 34.3 Å². The molecule has 0 aliphatic heterocycles. The van der Waals surface area contributed by atoms with Crippen LogP contribution >= 0.6 is 0 Å². The minimum Gasteiger partial charge on any atom is -0.346 e. The monoisotopic (exact) mass is 385 g/mol. The molecule has 3 rings (SSSR count). The second-order valence-corrected chi connectivity index (χ2v) is 6.13. The molecule has 8 nitrogen and oxygen atoms in total. The number of amides is 1. The summed E-state index contributed by atoms with van der Waals surface area (Å²) in [6, 6.07) is 17.0. The van der Waals surface area contributed by atoms with Crippen LogP contribution < -0.4 is 5.32 Å². The molecule has 1 heterocycles. The molecular weight excluding hydrogens is 370 g/mol. The van der Waals surface area contributed by atoms with Crippen LogP contribution in [0.2, 0.25) is 0 Å². The standard InChI is InChI=1S/C21H15N5O3/c22-9-4-10-25-14-16(19-7-1-2-8-20(19)25)11-15(13-23)21(27)24-17-5-3-6-18(12-17)26(28)29/h1-3,5-8,11-12,14H,4,10H2,(H,24,27)/b15-11-. The number of para-hydroxylation sites is 1.